The Morgan fingerprint density at radius 3 is 2.50 bits per heavy atom. The maximum Gasteiger partial charge on any atom is 0.289 e. The van der Waals surface area contributed by atoms with Gasteiger partial charge in [0.1, 0.15) is 0 Å². The van der Waals surface area contributed by atoms with Crippen LogP contribution in [0.15, 0.2) is 23.1 Å². The van der Waals surface area contributed by atoms with Crippen LogP contribution in [0.2, 0.25) is 0 Å². The van der Waals surface area contributed by atoms with Gasteiger partial charge in [0.2, 0.25) is 10.0 Å². The number of piperidine rings is 1. The SMILES string of the molecule is Cc1cccc([N+](=O)[O-])c1S(=O)(=O)N1CCC(N)CC1. The van der Waals surface area contributed by atoms with Gasteiger partial charge in [-0.3, -0.25) is 10.1 Å². The summed E-state index contributed by atoms with van der Waals surface area (Å²) >= 11 is 0. The van der Waals surface area contributed by atoms with Crippen molar-refractivity contribution >= 4 is 15.7 Å². The van der Waals surface area contributed by atoms with Crippen molar-refractivity contribution in [3.63, 3.8) is 0 Å². The fourth-order valence-corrected chi connectivity index (χ4v) is 4.19. The normalized spacial score (nSPS) is 18.1. The highest BCUT2D eigenvalue weighted by molar-refractivity contribution is 7.89. The van der Waals surface area contributed by atoms with E-state index in [1.165, 1.54) is 16.4 Å². The van der Waals surface area contributed by atoms with E-state index in [9.17, 15) is 18.5 Å². The summed E-state index contributed by atoms with van der Waals surface area (Å²) in [7, 11) is -3.86. The molecule has 7 nitrogen and oxygen atoms in total. The molecule has 1 aliphatic heterocycles. The summed E-state index contributed by atoms with van der Waals surface area (Å²) in [6.45, 7) is 2.17. The Labute approximate surface area is 117 Å². The first kappa shape index (κ1) is 14.9. The maximum atomic E-state index is 12.6. The molecule has 1 saturated heterocycles. The summed E-state index contributed by atoms with van der Waals surface area (Å²) in [4.78, 5) is 10.2. The molecule has 2 rings (SSSR count). The van der Waals surface area contributed by atoms with Crippen LogP contribution in [0.25, 0.3) is 0 Å². The highest BCUT2D eigenvalue weighted by atomic mass is 32.2. The van der Waals surface area contributed by atoms with Crippen molar-refractivity contribution in [1.29, 1.82) is 0 Å². The largest absolute Gasteiger partial charge is 0.328 e. The molecule has 0 spiro atoms. The first-order valence-corrected chi connectivity index (χ1v) is 7.78. The topological polar surface area (TPSA) is 107 Å². The Kier molecular flexibility index (Phi) is 4.07. The van der Waals surface area contributed by atoms with E-state index in [1.54, 1.807) is 13.0 Å². The van der Waals surface area contributed by atoms with E-state index in [1.807, 2.05) is 0 Å². The first-order valence-electron chi connectivity index (χ1n) is 6.34. The molecule has 0 bridgehead atoms. The van der Waals surface area contributed by atoms with Gasteiger partial charge in [-0.2, -0.15) is 4.31 Å². The molecule has 0 unspecified atom stereocenters. The van der Waals surface area contributed by atoms with Crippen molar-refractivity contribution in [3.8, 4) is 0 Å². The van der Waals surface area contributed by atoms with Crippen LogP contribution in [0.3, 0.4) is 0 Å². The lowest BCUT2D eigenvalue weighted by Gasteiger charge is -2.29. The van der Waals surface area contributed by atoms with Gasteiger partial charge in [0.05, 0.1) is 4.92 Å². The molecule has 1 aromatic carbocycles. The number of nitrogens with two attached hydrogens (primary N) is 1. The third-order valence-electron chi connectivity index (χ3n) is 3.48. The fraction of sp³-hybridized carbons (Fsp3) is 0.500. The molecular weight excluding hydrogens is 282 g/mol. The van der Waals surface area contributed by atoms with Gasteiger partial charge in [0.25, 0.3) is 5.69 Å². The Morgan fingerprint density at radius 1 is 1.35 bits per heavy atom. The van der Waals surface area contributed by atoms with Crippen molar-refractivity contribution in [3.05, 3.63) is 33.9 Å². The van der Waals surface area contributed by atoms with Crippen LogP contribution in [-0.4, -0.2) is 36.8 Å². The minimum absolute atomic E-state index is 0.00620. The number of aryl methyl sites for hydroxylation is 1. The zero-order valence-corrected chi connectivity index (χ0v) is 12.0. The number of hydrogen-bond acceptors (Lipinski definition) is 5. The molecule has 1 heterocycles. The molecule has 1 aliphatic rings. The highest BCUT2D eigenvalue weighted by Gasteiger charge is 2.34. The van der Waals surface area contributed by atoms with E-state index in [4.69, 9.17) is 5.73 Å². The van der Waals surface area contributed by atoms with E-state index in [0.29, 0.717) is 31.5 Å². The van der Waals surface area contributed by atoms with Crippen molar-refractivity contribution in [2.75, 3.05) is 13.1 Å². The van der Waals surface area contributed by atoms with E-state index in [-0.39, 0.29) is 16.6 Å². The molecule has 0 aliphatic carbocycles. The molecule has 1 aromatic rings. The minimum atomic E-state index is -3.86. The van der Waals surface area contributed by atoms with Gasteiger partial charge >= 0.3 is 0 Å². The highest BCUT2D eigenvalue weighted by Crippen LogP contribution is 2.30. The number of hydrogen-bond donors (Lipinski definition) is 1. The van der Waals surface area contributed by atoms with Crippen LogP contribution in [0.4, 0.5) is 5.69 Å². The van der Waals surface area contributed by atoms with Gasteiger partial charge in [0.15, 0.2) is 4.90 Å². The third-order valence-corrected chi connectivity index (χ3v) is 5.58. The lowest BCUT2D eigenvalue weighted by atomic mass is 10.1. The van der Waals surface area contributed by atoms with Gasteiger partial charge in [0, 0.05) is 25.2 Å². The lowest BCUT2D eigenvalue weighted by molar-refractivity contribution is -0.387. The van der Waals surface area contributed by atoms with E-state index in [0.717, 1.165) is 0 Å². The summed E-state index contributed by atoms with van der Waals surface area (Å²) in [6, 6.07) is 4.26. The summed E-state index contributed by atoms with van der Waals surface area (Å²) in [6.07, 6.45) is 1.14. The molecule has 0 amide bonds. The monoisotopic (exact) mass is 299 g/mol. The van der Waals surface area contributed by atoms with Crippen molar-refractivity contribution in [2.24, 2.45) is 5.73 Å². The average Bonchev–Trinajstić information content (AvgIpc) is 2.38. The lowest BCUT2D eigenvalue weighted by Crippen LogP contribution is -2.43. The van der Waals surface area contributed by atoms with E-state index >= 15 is 0 Å². The van der Waals surface area contributed by atoms with Gasteiger partial charge in [-0.1, -0.05) is 12.1 Å². The summed E-state index contributed by atoms with van der Waals surface area (Å²) in [5.41, 5.74) is 5.77. The number of nitro benzene ring substituents is 1. The Balaban J connectivity index is 2.47. The molecule has 1 fully saturated rings. The van der Waals surface area contributed by atoms with Crippen LogP contribution in [0.1, 0.15) is 18.4 Å². The fourth-order valence-electron chi connectivity index (χ4n) is 2.36. The van der Waals surface area contributed by atoms with Gasteiger partial charge in [-0.15, -0.1) is 0 Å². The maximum absolute atomic E-state index is 12.6. The van der Waals surface area contributed by atoms with Gasteiger partial charge in [-0.05, 0) is 25.3 Å². The zero-order valence-electron chi connectivity index (χ0n) is 11.2. The third kappa shape index (κ3) is 2.67. The van der Waals surface area contributed by atoms with Crippen molar-refractivity contribution < 1.29 is 13.3 Å². The van der Waals surface area contributed by atoms with Crippen LogP contribution in [-0.2, 0) is 10.0 Å². The van der Waals surface area contributed by atoms with Gasteiger partial charge < -0.3 is 5.73 Å². The second-order valence-electron chi connectivity index (χ2n) is 4.92. The molecule has 8 heteroatoms. The molecular formula is C12H17N3O4S. The smallest absolute Gasteiger partial charge is 0.289 e. The molecule has 20 heavy (non-hydrogen) atoms. The number of benzene rings is 1. The molecule has 0 aromatic heterocycles. The molecule has 0 radical (unpaired) electrons. The second-order valence-corrected chi connectivity index (χ2v) is 6.80. The number of sulfonamides is 1. The molecule has 2 N–H and O–H groups in total. The zero-order chi connectivity index (χ0) is 14.9. The van der Waals surface area contributed by atoms with Gasteiger partial charge in [-0.25, -0.2) is 8.42 Å². The standard InChI is InChI=1S/C12H17N3O4S/c1-9-3-2-4-11(15(16)17)12(9)20(18,19)14-7-5-10(13)6-8-14/h2-4,10H,5-8,13H2,1H3. The summed E-state index contributed by atoms with van der Waals surface area (Å²) in [5.74, 6) is 0. The van der Waals surface area contributed by atoms with Crippen LogP contribution >= 0.6 is 0 Å². The summed E-state index contributed by atoms with van der Waals surface area (Å²) < 4.78 is 26.5. The predicted molar refractivity (Wildman–Crippen MR) is 73.8 cm³/mol. The van der Waals surface area contributed by atoms with E-state index in [2.05, 4.69) is 0 Å². The van der Waals surface area contributed by atoms with Crippen LogP contribution in [0, 0.1) is 17.0 Å². The Bertz CT molecular complexity index is 622. The molecule has 0 saturated carbocycles. The Morgan fingerprint density at radius 2 is 1.95 bits per heavy atom. The predicted octanol–water partition coefficient (Wildman–Crippen LogP) is 1.02. The molecule has 0 atom stereocenters. The minimum Gasteiger partial charge on any atom is -0.328 e. The second kappa shape index (κ2) is 5.47. The van der Waals surface area contributed by atoms with Crippen LogP contribution in [0.5, 0.6) is 0 Å². The van der Waals surface area contributed by atoms with Crippen molar-refractivity contribution in [2.45, 2.75) is 30.7 Å². The first-order chi connectivity index (χ1) is 9.34. The van der Waals surface area contributed by atoms with Crippen molar-refractivity contribution in [1.82, 2.24) is 4.31 Å². The quantitative estimate of drug-likeness (QED) is 0.662. The average molecular weight is 299 g/mol. The summed E-state index contributed by atoms with van der Waals surface area (Å²) in [5, 5.41) is 11.1. The Hall–Kier alpha value is -1.51. The number of nitrogens with zero attached hydrogens (tertiary/aromatic N) is 2. The number of rotatable bonds is 3. The molecule has 110 valence electrons. The number of nitro groups is 1. The van der Waals surface area contributed by atoms with E-state index < -0.39 is 14.9 Å². The van der Waals surface area contributed by atoms with Crippen LogP contribution < -0.4 is 5.73 Å².